The Morgan fingerprint density at radius 3 is 2.43 bits per heavy atom. The van der Waals surface area contributed by atoms with Crippen LogP contribution in [0.3, 0.4) is 0 Å². The lowest BCUT2D eigenvalue weighted by Gasteiger charge is -2.09. The van der Waals surface area contributed by atoms with Crippen LogP contribution in [0.5, 0.6) is 5.75 Å². The molecule has 0 radical (unpaired) electrons. The minimum absolute atomic E-state index is 0.0505. The van der Waals surface area contributed by atoms with E-state index in [1.54, 1.807) is 0 Å². The topological polar surface area (TPSA) is 71.9 Å². The first kappa shape index (κ1) is 19.8. The fourth-order valence-corrected chi connectivity index (χ4v) is 2.97. The quantitative estimate of drug-likeness (QED) is 0.449. The highest BCUT2D eigenvalue weighted by molar-refractivity contribution is 7.71. The van der Waals surface area contributed by atoms with Crippen LogP contribution in [-0.4, -0.2) is 33.8 Å². The normalized spacial score (nSPS) is 10.6. The van der Waals surface area contributed by atoms with Crippen LogP contribution in [0.4, 0.5) is 0 Å². The lowest BCUT2D eigenvalue weighted by molar-refractivity contribution is -0.121. The van der Waals surface area contributed by atoms with Gasteiger partial charge in [0.1, 0.15) is 12.4 Å². The maximum absolute atomic E-state index is 12.2. The van der Waals surface area contributed by atoms with E-state index in [-0.39, 0.29) is 5.91 Å². The summed E-state index contributed by atoms with van der Waals surface area (Å²) in [5.41, 5.74) is 3.32. The van der Waals surface area contributed by atoms with Gasteiger partial charge in [-0.3, -0.25) is 14.5 Å². The number of aromatic amines is 1. The summed E-state index contributed by atoms with van der Waals surface area (Å²) in [4.78, 5) is 12.2. The number of ether oxygens (including phenoxy) is 1. The molecule has 1 heterocycles. The number of carbonyl (C=O) groups excluding carboxylic acids is 1. The number of benzene rings is 2. The molecule has 2 aromatic carbocycles. The molecule has 28 heavy (non-hydrogen) atoms. The van der Waals surface area contributed by atoms with Crippen molar-refractivity contribution in [1.82, 2.24) is 20.1 Å². The molecule has 0 saturated carbocycles. The summed E-state index contributed by atoms with van der Waals surface area (Å²) in [5, 5.41) is 9.99. The molecule has 6 nitrogen and oxygen atoms in total. The van der Waals surface area contributed by atoms with Crippen LogP contribution in [0.2, 0.25) is 0 Å². The van der Waals surface area contributed by atoms with E-state index in [1.807, 2.05) is 66.9 Å². The molecular formula is C21H24N4O2S. The fourth-order valence-electron chi connectivity index (χ4n) is 2.74. The van der Waals surface area contributed by atoms with Gasteiger partial charge in [-0.25, -0.2) is 0 Å². The molecule has 1 amide bonds. The van der Waals surface area contributed by atoms with Gasteiger partial charge in [-0.1, -0.05) is 47.5 Å². The van der Waals surface area contributed by atoms with Crippen LogP contribution in [0, 0.1) is 18.6 Å². The third kappa shape index (κ3) is 5.29. The van der Waals surface area contributed by atoms with Gasteiger partial charge in [0, 0.05) is 18.5 Å². The molecule has 0 fully saturated rings. The average Bonchev–Trinajstić information content (AvgIpc) is 3.06. The molecule has 146 valence electrons. The molecule has 0 spiro atoms. The highest BCUT2D eigenvalue weighted by Gasteiger charge is 2.10. The highest BCUT2D eigenvalue weighted by Crippen LogP contribution is 2.18. The van der Waals surface area contributed by atoms with Gasteiger partial charge in [0.15, 0.2) is 10.6 Å². The number of H-pyrrole nitrogens is 1. The number of hydrogen-bond donors (Lipinski definition) is 2. The standard InChI is InChI=1S/C21H24N4O2S/c1-15-3-7-17(8-4-15)20-23-24-21(28)25(20)13-11-19(26)22-12-14-27-18-9-5-16(2)6-10-18/h3-10H,11-14H2,1-2H3,(H,22,26)(H,24,28). The van der Waals surface area contributed by atoms with Gasteiger partial charge in [0.2, 0.25) is 5.91 Å². The van der Waals surface area contributed by atoms with Crippen LogP contribution in [0.25, 0.3) is 11.4 Å². The Kier molecular flexibility index (Phi) is 6.60. The SMILES string of the molecule is Cc1ccc(OCCNC(=O)CCn2c(-c3ccc(C)cc3)n[nH]c2=S)cc1. The van der Waals surface area contributed by atoms with E-state index in [4.69, 9.17) is 17.0 Å². The zero-order valence-electron chi connectivity index (χ0n) is 16.1. The number of hydrogen-bond acceptors (Lipinski definition) is 4. The zero-order valence-corrected chi connectivity index (χ0v) is 16.9. The van der Waals surface area contributed by atoms with E-state index >= 15 is 0 Å². The van der Waals surface area contributed by atoms with Crippen molar-refractivity contribution in [2.45, 2.75) is 26.8 Å². The van der Waals surface area contributed by atoms with Crippen molar-refractivity contribution >= 4 is 18.1 Å². The van der Waals surface area contributed by atoms with E-state index in [0.29, 0.717) is 30.9 Å². The second kappa shape index (κ2) is 9.32. The molecule has 0 aliphatic rings. The van der Waals surface area contributed by atoms with Crippen molar-refractivity contribution in [3.63, 3.8) is 0 Å². The number of nitrogens with one attached hydrogen (secondary N) is 2. The molecule has 7 heteroatoms. The van der Waals surface area contributed by atoms with Gasteiger partial charge in [-0.15, -0.1) is 0 Å². The molecule has 0 bridgehead atoms. The molecule has 0 unspecified atom stereocenters. The predicted octanol–water partition coefficient (Wildman–Crippen LogP) is 3.81. The minimum Gasteiger partial charge on any atom is -0.492 e. The van der Waals surface area contributed by atoms with Crippen LogP contribution in [0.1, 0.15) is 17.5 Å². The van der Waals surface area contributed by atoms with Crippen molar-refractivity contribution in [3.05, 3.63) is 64.4 Å². The molecule has 1 aromatic heterocycles. The molecule has 0 atom stereocenters. The number of aryl methyl sites for hydroxylation is 2. The second-order valence-corrected chi connectivity index (χ2v) is 7.02. The first-order chi connectivity index (χ1) is 13.5. The fraction of sp³-hybridized carbons (Fsp3) is 0.286. The van der Waals surface area contributed by atoms with Gasteiger partial charge in [0.05, 0.1) is 6.54 Å². The Labute approximate surface area is 169 Å². The first-order valence-corrected chi connectivity index (χ1v) is 9.62. The lowest BCUT2D eigenvalue weighted by Crippen LogP contribution is -2.28. The Balaban J connectivity index is 1.48. The average molecular weight is 397 g/mol. The Bertz CT molecular complexity index is 975. The van der Waals surface area contributed by atoms with E-state index < -0.39 is 0 Å². The van der Waals surface area contributed by atoms with Crippen LogP contribution in [0.15, 0.2) is 48.5 Å². The van der Waals surface area contributed by atoms with E-state index in [1.165, 1.54) is 11.1 Å². The Morgan fingerprint density at radius 1 is 1.11 bits per heavy atom. The van der Waals surface area contributed by atoms with E-state index in [2.05, 4.69) is 15.5 Å². The largest absolute Gasteiger partial charge is 0.492 e. The molecule has 0 aliphatic heterocycles. The number of aromatic nitrogens is 3. The number of nitrogens with zero attached hydrogens (tertiary/aromatic N) is 2. The highest BCUT2D eigenvalue weighted by atomic mass is 32.1. The third-order valence-corrected chi connectivity index (χ3v) is 4.66. The number of carbonyl (C=O) groups is 1. The van der Waals surface area contributed by atoms with Gasteiger partial charge in [0.25, 0.3) is 0 Å². The van der Waals surface area contributed by atoms with Crippen molar-refractivity contribution in [1.29, 1.82) is 0 Å². The number of amides is 1. The van der Waals surface area contributed by atoms with Gasteiger partial charge < -0.3 is 10.1 Å². The van der Waals surface area contributed by atoms with E-state index in [9.17, 15) is 4.79 Å². The van der Waals surface area contributed by atoms with Crippen LogP contribution < -0.4 is 10.1 Å². The van der Waals surface area contributed by atoms with Crippen molar-refractivity contribution in [2.75, 3.05) is 13.2 Å². The van der Waals surface area contributed by atoms with Gasteiger partial charge in [-0.05, 0) is 38.2 Å². The van der Waals surface area contributed by atoms with Crippen LogP contribution in [-0.2, 0) is 11.3 Å². The molecule has 3 aromatic rings. The first-order valence-electron chi connectivity index (χ1n) is 9.21. The summed E-state index contributed by atoms with van der Waals surface area (Å²) < 4.78 is 7.97. The van der Waals surface area contributed by atoms with E-state index in [0.717, 1.165) is 17.1 Å². The molecule has 0 saturated heterocycles. The molecule has 2 N–H and O–H groups in total. The molecule has 3 rings (SSSR count). The third-order valence-electron chi connectivity index (χ3n) is 4.34. The lowest BCUT2D eigenvalue weighted by atomic mass is 10.1. The summed E-state index contributed by atoms with van der Waals surface area (Å²) in [6.45, 7) is 5.40. The Hall–Kier alpha value is -2.93. The van der Waals surface area contributed by atoms with Gasteiger partial charge in [-0.2, -0.15) is 5.10 Å². The van der Waals surface area contributed by atoms with Crippen molar-refractivity contribution < 1.29 is 9.53 Å². The summed E-state index contributed by atoms with van der Waals surface area (Å²) >= 11 is 5.31. The summed E-state index contributed by atoms with van der Waals surface area (Å²) in [6.07, 6.45) is 0.317. The van der Waals surface area contributed by atoms with Crippen molar-refractivity contribution in [2.24, 2.45) is 0 Å². The monoisotopic (exact) mass is 396 g/mol. The molecule has 0 aliphatic carbocycles. The minimum atomic E-state index is -0.0505. The summed E-state index contributed by atoms with van der Waals surface area (Å²) in [6, 6.07) is 15.9. The smallest absolute Gasteiger partial charge is 0.221 e. The maximum Gasteiger partial charge on any atom is 0.221 e. The van der Waals surface area contributed by atoms with Crippen LogP contribution >= 0.6 is 12.2 Å². The maximum atomic E-state index is 12.2. The summed E-state index contributed by atoms with van der Waals surface area (Å²) in [5.74, 6) is 1.48. The Morgan fingerprint density at radius 2 is 1.75 bits per heavy atom. The number of rotatable bonds is 8. The van der Waals surface area contributed by atoms with Gasteiger partial charge >= 0.3 is 0 Å². The molecular weight excluding hydrogens is 372 g/mol. The van der Waals surface area contributed by atoms with Crippen molar-refractivity contribution in [3.8, 4) is 17.1 Å². The predicted molar refractivity (Wildman–Crippen MR) is 112 cm³/mol. The zero-order chi connectivity index (χ0) is 19.9. The summed E-state index contributed by atoms with van der Waals surface area (Å²) in [7, 11) is 0. The second-order valence-electron chi connectivity index (χ2n) is 6.63.